The molecule has 3 N–H and O–H groups in total. The van der Waals surface area contributed by atoms with Crippen LogP contribution in [0.2, 0.25) is 0 Å². The van der Waals surface area contributed by atoms with Gasteiger partial charge in [-0.2, -0.15) is 0 Å². The van der Waals surface area contributed by atoms with Gasteiger partial charge in [0.25, 0.3) is 0 Å². The molecule has 0 saturated heterocycles. The maximum absolute atomic E-state index is 5.52. The normalized spacial score (nSPS) is 13.1. The lowest BCUT2D eigenvalue weighted by Gasteiger charge is -2.18. The van der Waals surface area contributed by atoms with Gasteiger partial charge in [0.1, 0.15) is 0 Å². The Morgan fingerprint density at radius 2 is 1.93 bits per heavy atom. The molecule has 0 amide bonds. The second-order valence-corrected chi connectivity index (χ2v) is 3.72. The van der Waals surface area contributed by atoms with Gasteiger partial charge in [0, 0.05) is 6.04 Å². The minimum Gasteiger partial charge on any atom is -0.309 e. The van der Waals surface area contributed by atoms with Crippen LogP contribution in [0.5, 0.6) is 0 Å². The van der Waals surface area contributed by atoms with Crippen molar-refractivity contribution in [1.82, 2.24) is 10.3 Å². The van der Waals surface area contributed by atoms with E-state index in [0.29, 0.717) is 0 Å². The summed E-state index contributed by atoms with van der Waals surface area (Å²) >= 11 is 0. The molecule has 0 radical (unpaired) electrons. The molecule has 1 rings (SSSR count). The van der Waals surface area contributed by atoms with Crippen molar-refractivity contribution in [3.05, 3.63) is 35.9 Å². The van der Waals surface area contributed by atoms with E-state index in [4.69, 9.17) is 5.84 Å². The quantitative estimate of drug-likeness (QED) is 0.544. The summed E-state index contributed by atoms with van der Waals surface area (Å²) in [6, 6.07) is 10.5. The van der Waals surface area contributed by atoms with Crippen LogP contribution in [0.25, 0.3) is 0 Å². The number of hydrogen-bond acceptors (Lipinski definition) is 3. The van der Waals surface area contributed by atoms with Crippen LogP contribution in [0.3, 0.4) is 0 Å². The van der Waals surface area contributed by atoms with Crippen LogP contribution in [0.1, 0.15) is 18.0 Å². The topological polar surface area (TPSA) is 41.3 Å². The average molecular weight is 193 g/mol. The minimum absolute atomic E-state index is 0.249. The van der Waals surface area contributed by atoms with Gasteiger partial charge in [0.05, 0.1) is 0 Å². The van der Waals surface area contributed by atoms with Crippen molar-refractivity contribution in [2.45, 2.75) is 12.5 Å². The Balaban J connectivity index is 2.54. The molecule has 0 spiro atoms. The number of nitrogens with two attached hydrogens (primary N) is 1. The van der Waals surface area contributed by atoms with Gasteiger partial charge < -0.3 is 4.90 Å². The largest absolute Gasteiger partial charge is 0.309 e. The van der Waals surface area contributed by atoms with Gasteiger partial charge in [0.15, 0.2) is 0 Å². The van der Waals surface area contributed by atoms with E-state index in [0.717, 1.165) is 13.0 Å². The summed E-state index contributed by atoms with van der Waals surface area (Å²) in [5.74, 6) is 5.52. The molecule has 0 heterocycles. The van der Waals surface area contributed by atoms with E-state index in [-0.39, 0.29) is 6.04 Å². The molecule has 1 aromatic rings. The fourth-order valence-electron chi connectivity index (χ4n) is 1.42. The van der Waals surface area contributed by atoms with Gasteiger partial charge in [-0.3, -0.25) is 11.3 Å². The summed E-state index contributed by atoms with van der Waals surface area (Å²) in [6.45, 7) is 1.03. The van der Waals surface area contributed by atoms with Gasteiger partial charge in [-0.15, -0.1) is 0 Å². The Kier molecular flexibility index (Phi) is 4.59. The van der Waals surface area contributed by atoms with E-state index in [1.807, 2.05) is 18.2 Å². The average Bonchev–Trinajstić information content (AvgIpc) is 2.20. The Labute approximate surface area is 85.9 Å². The predicted molar refractivity (Wildman–Crippen MR) is 59.7 cm³/mol. The summed E-state index contributed by atoms with van der Waals surface area (Å²) in [5, 5.41) is 0. The van der Waals surface area contributed by atoms with Gasteiger partial charge in [0.2, 0.25) is 0 Å². The minimum atomic E-state index is 0.249. The van der Waals surface area contributed by atoms with Crippen molar-refractivity contribution in [3.63, 3.8) is 0 Å². The van der Waals surface area contributed by atoms with Crippen LogP contribution in [-0.2, 0) is 0 Å². The lowest BCUT2D eigenvalue weighted by Crippen LogP contribution is -2.30. The van der Waals surface area contributed by atoms with E-state index >= 15 is 0 Å². The molecule has 14 heavy (non-hydrogen) atoms. The fraction of sp³-hybridized carbons (Fsp3) is 0.455. The third kappa shape index (κ3) is 3.46. The molecule has 1 atom stereocenters. The highest BCUT2D eigenvalue weighted by molar-refractivity contribution is 5.18. The number of rotatable bonds is 5. The van der Waals surface area contributed by atoms with Crippen LogP contribution < -0.4 is 11.3 Å². The molecule has 0 aliphatic carbocycles. The fourth-order valence-corrected chi connectivity index (χ4v) is 1.42. The molecule has 0 unspecified atom stereocenters. The van der Waals surface area contributed by atoms with Crippen molar-refractivity contribution in [2.24, 2.45) is 5.84 Å². The molecular formula is C11H19N3. The Bertz CT molecular complexity index is 246. The number of hydrazine groups is 1. The van der Waals surface area contributed by atoms with E-state index < -0.39 is 0 Å². The smallest absolute Gasteiger partial charge is 0.0472 e. The van der Waals surface area contributed by atoms with Crippen LogP contribution in [-0.4, -0.2) is 25.5 Å². The van der Waals surface area contributed by atoms with Crippen LogP contribution in [0, 0.1) is 0 Å². The lowest BCUT2D eigenvalue weighted by molar-refractivity contribution is 0.363. The third-order valence-corrected chi connectivity index (χ3v) is 2.27. The standard InChI is InChI=1S/C11H19N3/c1-14(2)9-8-11(13-12)10-6-4-3-5-7-10/h3-7,11,13H,8-9,12H2,1-2H3/t11-/m1/s1. The molecular weight excluding hydrogens is 174 g/mol. The molecule has 3 heteroatoms. The Morgan fingerprint density at radius 3 is 2.43 bits per heavy atom. The number of hydrogen-bond donors (Lipinski definition) is 2. The first kappa shape index (κ1) is 11.2. The van der Waals surface area contributed by atoms with Gasteiger partial charge in [-0.1, -0.05) is 30.3 Å². The first-order chi connectivity index (χ1) is 6.74. The highest BCUT2D eigenvalue weighted by atomic mass is 15.2. The predicted octanol–water partition coefficient (Wildman–Crippen LogP) is 1.14. The van der Waals surface area contributed by atoms with Gasteiger partial charge >= 0.3 is 0 Å². The van der Waals surface area contributed by atoms with E-state index in [9.17, 15) is 0 Å². The highest BCUT2D eigenvalue weighted by Gasteiger charge is 2.08. The summed E-state index contributed by atoms with van der Waals surface area (Å²) in [5.41, 5.74) is 4.09. The number of benzene rings is 1. The monoisotopic (exact) mass is 193 g/mol. The summed E-state index contributed by atoms with van der Waals surface area (Å²) in [7, 11) is 4.14. The number of nitrogens with zero attached hydrogens (tertiary/aromatic N) is 1. The van der Waals surface area contributed by atoms with E-state index in [1.54, 1.807) is 0 Å². The zero-order chi connectivity index (χ0) is 10.4. The first-order valence-corrected chi connectivity index (χ1v) is 4.90. The van der Waals surface area contributed by atoms with Crippen molar-refractivity contribution < 1.29 is 0 Å². The molecule has 0 bridgehead atoms. The van der Waals surface area contributed by atoms with E-state index in [1.165, 1.54) is 5.56 Å². The molecule has 1 aromatic carbocycles. The van der Waals surface area contributed by atoms with Crippen LogP contribution in [0.15, 0.2) is 30.3 Å². The second-order valence-electron chi connectivity index (χ2n) is 3.72. The molecule has 3 nitrogen and oxygen atoms in total. The zero-order valence-corrected chi connectivity index (χ0v) is 8.90. The summed E-state index contributed by atoms with van der Waals surface area (Å²) in [6.07, 6.45) is 1.02. The van der Waals surface area contributed by atoms with Gasteiger partial charge in [-0.25, -0.2) is 0 Å². The molecule has 0 saturated carbocycles. The highest BCUT2D eigenvalue weighted by Crippen LogP contribution is 2.14. The van der Waals surface area contributed by atoms with Gasteiger partial charge in [-0.05, 0) is 32.6 Å². The number of nitrogens with one attached hydrogen (secondary N) is 1. The first-order valence-electron chi connectivity index (χ1n) is 4.90. The lowest BCUT2D eigenvalue weighted by atomic mass is 10.0. The SMILES string of the molecule is CN(C)CC[C@@H](NN)c1ccccc1. The zero-order valence-electron chi connectivity index (χ0n) is 8.90. The van der Waals surface area contributed by atoms with Crippen LogP contribution in [0.4, 0.5) is 0 Å². The molecule has 0 aliphatic heterocycles. The Morgan fingerprint density at radius 1 is 1.29 bits per heavy atom. The van der Waals surface area contributed by atoms with Crippen molar-refractivity contribution in [3.8, 4) is 0 Å². The molecule has 78 valence electrons. The van der Waals surface area contributed by atoms with Crippen LogP contribution >= 0.6 is 0 Å². The van der Waals surface area contributed by atoms with Crippen molar-refractivity contribution in [1.29, 1.82) is 0 Å². The molecule has 0 fully saturated rings. The summed E-state index contributed by atoms with van der Waals surface area (Å²) in [4.78, 5) is 2.16. The second kappa shape index (κ2) is 5.75. The van der Waals surface area contributed by atoms with Crippen molar-refractivity contribution in [2.75, 3.05) is 20.6 Å². The molecule has 0 aromatic heterocycles. The maximum Gasteiger partial charge on any atom is 0.0472 e. The van der Waals surface area contributed by atoms with Crippen molar-refractivity contribution >= 4 is 0 Å². The Hall–Kier alpha value is -0.900. The summed E-state index contributed by atoms with van der Waals surface area (Å²) < 4.78 is 0. The maximum atomic E-state index is 5.52. The van der Waals surface area contributed by atoms with E-state index in [2.05, 4.69) is 36.6 Å². The third-order valence-electron chi connectivity index (χ3n) is 2.27. The molecule has 0 aliphatic rings.